The molecule has 0 atom stereocenters. The van der Waals surface area contributed by atoms with Gasteiger partial charge in [0.05, 0.1) is 11.1 Å². The Bertz CT molecular complexity index is 698. The van der Waals surface area contributed by atoms with Gasteiger partial charge in [-0.3, -0.25) is 4.79 Å². The summed E-state index contributed by atoms with van der Waals surface area (Å²) in [6.45, 7) is 0. The summed E-state index contributed by atoms with van der Waals surface area (Å²) in [5.41, 5.74) is -1.58. The number of rotatable bonds is 6. The normalized spacial score (nSPS) is 12.2. The van der Waals surface area contributed by atoms with Crippen LogP contribution in [0.15, 0.2) is 48.5 Å². The summed E-state index contributed by atoms with van der Waals surface area (Å²) in [4.78, 5) is 11.9. The molecule has 0 saturated heterocycles. The number of benzene rings is 2. The number of carbonyl (C=O) groups is 1. The summed E-state index contributed by atoms with van der Waals surface area (Å²) >= 11 is 0. The molecular weight excluding hydrogens is 358 g/mol. The van der Waals surface area contributed by atoms with Crippen molar-refractivity contribution in [3.8, 4) is 0 Å². The third-order valence-electron chi connectivity index (χ3n) is 3.99. The highest BCUT2D eigenvalue weighted by Gasteiger charge is 2.33. The maximum absolute atomic E-state index is 12.9. The van der Waals surface area contributed by atoms with Crippen molar-refractivity contribution in [2.24, 2.45) is 0 Å². The van der Waals surface area contributed by atoms with Crippen LogP contribution in [-0.2, 0) is 30.0 Å². The van der Waals surface area contributed by atoms with Gasteiger partial charge in [-0.2, -0.15) is 26.3 Å². The first-order chi connectivity index (χ1) is 12.1. The fourth-order valence-corrected chi connectivity index (χ4v) is 2.70. The Morgan fingerprint density at radius 2 is 1.00 bits per heavy atom. The van der Waals surface area contributed by atoms with E-state index in [9.17, 15) is 31.1 Å². The van der Waals surface area contributed by atoms with Crippen molar-refractivity contribution >= 4 is 5.78 Å². The van der Waals surface area contributed by atoms with Crippen molar-refractivity contribution in [2.75, 3.05) is 0 Å². The monoisotopic (exact) mass is 374 g/mol. The van der Waals surface area contributed by atoms with Crippen LogP contribution in [0.1, 0.15) is 35.1 Å². The molecule has 1 nitrogen and oxygen atoms in total. The molecule has 0 unspecified atom stereocenters. The molecule has 0 spiro atoms. The summed E-state index contributed by atoms with van der Waals surface area (Å²) in [7, 11) is 0. The number of halogens is 6. The molecule has 0 bridgehead atoms. The van der Waals surface area contributed by atoms with Gasteiger partial charge in [0.1, 0.15) is 5.78 Å². The molecule has 2 aromatic rings. The number of carbonyl (C=O) groups excluding carboxylic acids is 1. The molecule has 140 valence electrons. The molecule has 2 rings (SSSR count). The van der Waals surface area contributed by atoms with E-state index in [1.54, 1.807) is 0 Å². The Labute approximate surface area is 146 Å². The van der Waals surface area contributed by atoms with Crippen LogP contribution in [0.3, 0.4) is 0 Å². The van der Waals surface area contributed by atoms with Crippen LogP contribution in [0.25, 0.3) is 0 Å². The smallest absolute Gasteiger partial charge is 0.300 e. The van der Waals surface area contributed by atoms with Gasteiger partial charge < -0.3 is 0 Å². The number of hydrogen-bond acceptors (Lipinski definition) is 1. The lowest BCUT2D eigenvalue weighted by Crippen LogP contribution is -2.12. The predicted molar refractivity (Wildman–Crippen MR) is 84.5 cm³/mol. The molecule has 0 aliphatic carbocycles. The van der Waals surface area contributed by atoms with Crippen LogP contribution in [0.5, 0.6) is 0 Å². The Kier molecular flexibility index (Phi) is 6.10. The molecule has 0 aliphatic heterocycles. The van der Waals surface area contributed by atoms with E-state index < -0.39 is 23.5 Å². The van der Waals surface area contributed by atoms with Crippen LogP contribution in [0, 0.1) is 0 Å². The summed E-state index contributed by atoms with van der Waals surface area (Å²) in [6.07, 6.45) is -9.52. The van der Waals surface area contributed by atoms with Gasteiger partial charge in [-0.15, -0.1) is 0 Å². The first-order valence-electron chi connectivity index (χ1n) is 7.91. The lowest BCUT2D eigenvalue weighted by molar-refractivity contribution is -0.139. The number of hydrogen-bond donors (Lipinski definition) is 0. The van der Waals surface area contributed by atoms with Crippen molar-refractivity contribution in [1.82, 2.24) is 0 Å². The minimum atomic E-state index is -4.51. The van der Waals surface area contributed by atoms with Gasteiger partial charge in [-0.05, 0) is 36.1 Å². The highest BCUT2D eigenvalue weighted by atomic mass is 19.4. The summed E-state index contributed by atoms with van der Waals surface area (Å²) in [5.74, 6) is -0.376. The van der Waals surface area contributed by atoms with Gasteiger partial charge in [0.15, 0.2) is 0 Å². The molecule has 0 aliphatic rings. The molecule has 26 heavy (non-hydrogen) atoms. The fraction of sp³-hybridized carbons (Fsp3) is 0.316. The first-order valence-corrected chi connectivity index (χ1v) is 7.91. The zero-order valence-corrected chi connectivity index (χ0v) is 13.6. The fourth-order valence-electron chi connectivity index (χ4n) is 2.70. The molecule has 0 amide bonds. The largest absolute Gasteiger partial charge is 0.416 e. The average Bonchev–Trinajstić information content (AvgIpc) is 2.57. The van der Waals surface area contributed by atoms with E-state index in [-0.39, 0.29) is 42.6 Å². The minimum Gasteiger partial charge on any atom is -0.300 e. The second-order valence-corrected chi connectivity index (χ2v) is 5.85. The molecule has 0 aromatic heterocycles. The highest BCUT2D eigenvalue weighted by molar-refractivity contribution is 5.79. The maximum Gasteiger partial charge on any atom is 0.416 e. The second-order valence-electron chi connectivity index (χ2n) is 5.85. The molecule has 0 heterocycles. The Morgan fingerprint density at radius 1 is 0.654 bits per heavy atom. The van der Waals surface area contributed by atoms with Crippen LogP contribution in [0.2, 0.25) is 0 Å². The summed E-state index contributed by atoms with van der Waals surface area (Å²) in [5, 5.41) is 0. The van der Waals surface area contributed by atoms with Crippen molar-refractivity contribution in [1.29, 1.82) is 0 Å². The molecular formula is C19H16F6O. The van der Waals surface area contributed by atoms with Gasteiger partial charge in [0.25, 0.3) is 0 Å². The first kappa shape index (κ1) is 20.0. The van der Waals surface area contributed by atoms with Crippen molar-refractivity contribution in [3.63, 3.8) is 0 Å². The molecule has 7 heteroatoms. The highest BCUT2D eigenvalue weighted by Crippen LogP contribution is 2.33. The van der Waals surface area contributed by atoms with Crippen LogP contribution in [-0.4, -0.2) is 5.78 Å². The Hall–Kier alpha value is -2.31. The van der Waals surface area contributed by atoms with E-state index in [4.69, 9.17) is 0 Å². The van der Waals surface area contributed by atoms with Gasteiger partial charge >= 0.3 is 12.4 Å². The molecule has 2 aromatic carbocycles. The maximum atomic E-state index is 12.9. The zero-order chi connectivity index (χ0) is 19.4. The zero-order valence-electron chi connectivity index (χ0n) is 13.6. The number of Topliss-reactive ketones (excluding diaryl/α,β-unsaturated/α-hetero) is 1. The molecule has 0 radical (unpaired) electrons. The van der Waals surface area contributed by atoms with E-state index >= 15 is 0 Å². The van der Waals surface area contributed by atoms with Crippen LogP contribution < -0.4 is 0 Å². The SMILES string of the molecule is O=C(CCc1ccccc1C(F)(F)F)CCc1ccccc1C(F)(F)F. The quantitative estimate of drug-likeness (QED) is 0.579. The number of aryl methyl sites for hydroxylation is 2. The Balaban J connectivity index is 1.98. The van der Waals surface area contributed by atoms with Crippen molar-refractivity contribution < 1.29 is 31.1 Å². The van der Waals surface area contributed by atoms with Gasteiger partial charge in [-0.1, -0.05) is 36.4 Å². The van der Waals surface area contributed by atoms with Crippen LogP contribution >= 0.6 is 0 Å². The molecule has 0 fully saturated rings. The minimum absolute atomic E-state index is 0.00374. The molecule has 0 N–H and O–H groups in total. The summed E-state index contributed by atoms with van der Waals surface area (Å²) in [6, 6.07) is 9.93. The summed E-state index contributed by atoms with van der Waals surface area (Å²) < 4.78 is 77.4. The standard InChI is InChI=1S/C19H16F6O/c20-18(21,22)16-7-3-1-5-13(16)9-11-15(26)12-10-14-6-2-4-8-17(14)19(23,24)25/h1-8H,9-12H2. The van der Waals surface area contributed by atoms with E-state index in [1.165, 1.54) is 36.4 Å². The lowest BCUT2D eigenvalue weighted by Gasteiger charge is -2.13. The van der Waals surface area contributed by atoms with Crippen LogP contribution in [0.4, 0.5) is 26.3 Å². The average molecular weight is 374 g/mol. The van der Waals surface area contributed by atoms with Crippen molar-refractivity contribution in [3.05, 3.63) is 70.8 Å². The van der Waals surface area contributed by atoms with Gasteiger partial charge in [0.2, 0.25) is 0 Å². The van der Waals surface area contributed by atoms with Gasteiger partial charge in [-0.25, -0.2) is 0 Å². The third kappa shape index (κ3) is 5.34. The van der Waals surface area contributed by atoms with E-state index in [2.05, 4.69) is 0 Å². The second kappa shape index (κ2) is 7.93. The predicted octanol–water partition coefficient (Wildman–Crippen LogP) is 5.86. The van der Waals surface area contributed by atoms with Gasteiger partial charge in [0, 0.05) is 12.8 Å². The van der Waals surface area contributed by atoms with E-state index in [1.807, 2.05) is 0 Å². The Morgan fingerprint density at radius 3 is 1.35 bits per heavy atom. The topological polar surface area (TPSA) is 17.1 Å². The third-order valence-corrected chi connectivity index (χ3v) is 3.99. The van der Waals surface area contributed by atoms with E-state index in [0.717, 1.165) is 12.1 Å². The molecule has 0 saturated carbocycles. The van der Waals surface area contributed by atoms with E-state index in [0.29, 0.717) is 0 Å². The lowest BCUT2D eigenvalue weighted by atomic mass is 9.97. The van der Waals surface area contributed by atoms with Crippen molar-refractivity contribution in [2.45, 2.75) is 38.0 Å². The number of alkyl halides is 6. The number of ketones is 1.